The van der Waals surface area contributed by atoms with Crippen LogP contribution in [0.15, 0.2) is 0 Å². The van der Waals surface area contributed by atoms with E-state index in [1.807, 2.05) is 0 Å². The number of aliphatic hydroxyl groups is 1. The molecule has 0 aliphatic heterocycles. The van der Waals surface area contributed by atoms with Crippen LogP contribution < -0.4 is 0 Å². The summed E-state index contributed by atoms with van der Waals surface area (Å²) in [7, 11) is 0. The molecule has 2 fully saturated rings. The second kappa shape index (κ2) is 1.72. The molecule has 1 nitrogen and oxygen atoms in total. The molecule has 1 heteroatoms. The SMILES string of the molecule is C[C@H]1C[C@@H]2C[C@H]1[C@H](O)C2. The molecule has 52 valence electrons. The molecule has 0 saturated heterocycles. The Morgan fingerprint density at radius 1 is 1.22 bits per heavy atom. The zero-order chi connectivity index (χ0) is 6.43. The number of fused-ring (bicyclic) bond motifs is 2. The first-order chi connectivity index (χ1) is 4.27. The molecule has 4 atom stereocenters. The maximum atomic E-state index is 9.39. The first-order valence-corrected chi connectivity index (χ1v) is 3.95. The lowest BCUT2D eigenvalue weighted by Gasteiger charge is -2.21. The second-order valence-electron chi connectivity index (χ2n) is 3.78. The topological polar surface area (TPSA) is 20.2 Å². The van der Waals surface area contributed by atoms with Crippen LogP contribution in [-0.2, 0) is 0 Å². The van der Waals surface area contributed by atoms with Gasteiger partial charge in [0.1, 0.15) is 0 Å². The first kappa shape index (κ1) is 5.72. The van der Waals surface area contributed by atoms with Gasteiger partial charge in [0, 0.05) is 0 Å². The minimum absolute atomic E-state index is 0.0544. The van der Waals surface area contributed by atoms with Crippen LogP contribution in [0.25, 0.3) is 0 Å². The van der Waals surface area contributed by atoms with Crippen LogP contribution in [0, 0.1) is 17.8 Å². The standard InChI is InChI=1S/C8H14O/c1-5-2-6-3-7(5)8(9)4-6/h5-9H,2-4H2,1H3/t5-,6+,7+,8+/m0/s1. The molecule has 0 unspecified atom stereocenters. The van der Waals surface area contributed by atoms with Crippen molar-refractivity contribution in [2.24, 2.45) is 17.8 Å². The Labute approximate surface area is 56.1 Å². The van der Waals surface area contributed by atoms with Gasteiger partial charge in [0.25, 0.3) is 0 Å². The highest BCUT2D eigenvalue weighted by Crippen LogP contribution is 2.47. The molecule has 0 aromatic carbocycles. The molecule has 1 N–H and O–H groups in total. The summed E-state index contributed by atoms with van der Waals surface area (Å²) in [6.07, 6.45) is 3.83. The third kappa shape index (κ3) is 0.710. The molecule has 2 aliphatic rings. The van der Waals surface area contributed by atoms with Gasteiger partial charge in [-0.2, -0.15) is 0 Å². The second-order valence-corrected chi connectivity index (χ2v) is 3.78. The molecule has 2 saturated carbocycles. The quantitative estimate of drug-likeness (QED) is 0.520. The van der Waals surface area contributed by atoms with Gasteiger partial charge in [-0.15, -0.1) is 0 Å². The number of aliphatic hydroxyl groups excluding tert-OH is 1. The summed E-state index contributed by atoms with van der Waals surface area (Å²) in [5, 5.41) is 9.39. The van der Waals surface area contributed by atoms with Crippen LogP contribution in [0.4, 0.5) is 0 Å². The zero-order valence-electron chi connectivity index (χ0n) is 5.88. The highest BCUT2D eigenvalue weighted by Gasteiger charge is 2.42. The molecule has 9 heavy (non-hydrogen) atoms. The lowest BCUT2D eigenvalue weighted by molar-refractivity contribution is 0.0866. The van der Waals surface area contributed by atoms with Crippen molar-refractivity contribution in [3.8, 4) is 0 Å². The van der Waals surface area contributed by atoms with Gasteiger partial charge in [-0.05, 0) is 37.0 Å². The van der Waals surface area contributed by atoms with Gasteiger partial charge in [-0.25, -0.2) is 0 Å². The van der Waals surface area contributed by atoms with Gasteiger partial charge in [0.2, 0.25) is 0 Å². The van der Waals surface area contributed by atoms with Gasteiger partial charge in [0.05, 0.1) is 6.10 Å². The fraction of sp³-hybridized carbons (Fsp3) is 1.00. The Hall–Kier alpha value is -0.0400. The van der Waals surface area contributed by atoms with E-state index in [0.29, 0.717) is 5.92 Å². The fourth-order valence-corrected chi connectivity index (χ4v) is 2.66. The maximum absolute atomic E-state index is 9.39. The molecule has 2 bridgehead atoms. The molecule has 0 aromatic heterocycles. The molecule has 0 spiro atoms. The first-order valence-electron chi connectivity index (χ1n) is 3.95. The van der Waals surface area contributed by atoms with Crippen molar-refractivity contribution in [2.75, 3.05) is 0 Å². The van der Waals surface area contributed by atoms with Crippen molar-refractivity contribution >= 4 is 0 Å². The van der Waals surface area contributed by atoms with E-state index in [9.17, 15) is 5.11 Å². The molecule has 0 aromatic rings. The Balaban J connectivity index is 2.13. The summed E-state index contributed by atoms with van der Waals surface area (Å²) < 4.78 is 0. The van der Waals surface area contributed by atoms with E-state index in [1.54, 1.807) is 0 Å². The Kier molecular flexibility index (Phi) is 1.10. The van der Waals surface area contributed by atoms with Gasteiger partial charge in [0.15, 0.2) is 0 Å². The maximum Gasteiger partial charge on any atom is 0.0573 e. The number of rotatable bonds is 0. The van der Waals surface area contributed by atoms with Crippen LogP contribution >= 0.6 is 0 Å². The van der Waals surface area contributed by atoms with E-state index < -0.39 is 0 Å². The largest absolute Gasteiger partial charge is 0.393 e. The minimum Gasteiger partial charge on any atom is -0.393 e. The summed E-state index contributed by atoms with van der Waals surface area (Å²) in [6, 6.07) is 0. The summed E-state index contributed by atoms with van der Waals surface area (Å²) in [5.74, 6) is 2.34. The Morgan fingerprint density at radius 2 is 2.00 bits per heavy atom. The van der Waals surface area contributed by atoms with Crippen LogP contribution in [0.1, 0.15) is 26.2 Å². The van der Waals surface area contributed by atoms with Gasteiger partial charge in [-0.3, -0.25) is 0 Å². The molecule has 0 radical (unpaired) electrons. The normalized spacial score (nSPS) is 56.7. The van der Waals surface area contributed by atoms with Crippen LogP contribution in [0.2, 0.25) is 0 Å². The Morgan fingerprint density at radius 3 is 2.33 bits per heavy atom. The third-order valence-electron chi connectivity index (χ3n) is 3.11. The lowest BCUT2D eigenvalue weighted by Crippen LogP contribution is -2.21. The van der Waals surface area contributed by atoms with E-state index in [1.165, 1.54) is 12.8 Å². The van der Waals surface area contributed by atoms with Crippen molar-refractivity contribution in [3.63, 3.8) is 0 Å². The van der Waals surface area contributed by atoms with Crippen LogP contribution in [-0.4, -0.2) is 11.2 Å². The lowest BCUT2D eigenvalue weighted by atomic mass is 9.88. The molecule has 0 amide bonds. The average Bonchev–Trinajstić information content (AvgIpc) is 2.22. The highest BCUT2D eigenvalue weighted by atomic mass is 16.3. The summed E-state index contributed by atoms with van der Waals surface area (Å²) in [4.78, 5) is 0. The van der Waals surface area contributed by atoms with Crippen molar-refractivity contribution in [1.29, 1.82) is 0 Å². The van der Waals surface area contributed by atoms with E-state index >= 15 is 0 Å². The molecule has 0 heterocycles. The highest BCUT2D eigenvalue weighted by molar-refractivity contribution is 4.93. The zero-order valence-corrected chi connectivity index (χ0v) is 5.88. The van der Waals surface area contributed by atoms with Gasteiger partial charge >= 0.3 is 0 Å². The monoisotopic (exact) mass is 126 g/mol. The van der Waals surface area contributed by atoms with Crippen molar-refractivity contribution < 1.29 is 5.11 Å². The van der Waals surface area contributed by atoms with E-state index in [0.717, 1.165) is 18.3 Å². The van der Waals surface area contributed by atoms with E-state index in [-0.39, 0.29) is 6.10 Å². The van der Waals surface area contributed by atoms with E-state index in [4.69, 9.17) is 0 Å². The van der Waals surface area contributed by atoms with Crippen molar-refractivity contribution in [3.05, 3.63) is 0 Å². The third-order valence-corrected chi connectivity index (χ3v) is 3.11. The summed E-state index contributed by atoms with van der Waals surface area (Å²) >= 11 is 0. The number of hydrogen-bond donors (Lipinski definition) is 1. The number of hydrogen-bond acceptors (Lipinski definition) is 1. The van der Waals surface area contributed by atoms with Gasteiger partial charge < -0.3 is 5.11 Å². The Bertz CT molecular complexity index is 110. The van der Waals surface area contributed by atoms with Crippen molar-refractivity contribution in [2.45, 2.75) is 32.3 Å². The molecule has 2 aliphatic carbocycles. The summed E-state index contributed by atoms with van der Waals surface area (Å²) in [6.45, 7) is 2.27. The predicted octanol–water partition coefficient (Wildman–Crippen LogP) is 1.41. The average molecular weight is 126 g/mol. The minimum atomic E-state index is 0.0544. The fourth-order valence-electron chi connectivity index (χ4n) is 2.66. The van der Waals surface area contributed by atoms with Gasteiger partial charge in [-0.1, -0.05) is 6.92 Å². The smallest absolute Gasteiger partial charge is 0.0573 e. The molecular weight excluding hydrogens is 112 g/mol. The summed E-state index contributed by atoms with van der Waals surface area (Å²) in [5.41, 5.74) is 0. The molecule has 2 rings (SSSR count). The van der Waals surface area contributed by atoms with Crippen molar-refractivity contribution in [1.82, 2.24) is 0 Å². The van der Waals surface area contributed by atoms with Crippen LogP contribution in [0.5, 0.6) is 0 Å². The predicted molar refractivity (Wildman–Crippen MR) is 36.0 cm³/mol. The van der Waals surface area contributed by atoms with Crippen LogP contribution in [0.3, 0.4) is 0 Å². The molecular formula is C8H14O. The van der Waals surface area contributed by atoms with E-state index in [2.05, 4.69) is 6.92 Å².